The number of nitrogens with zero attached hydrogens (tertiary/aromatic N) is 3. The molecule has 4 heterocycles. The Hall–Kier alpha value is -3.30. The van der Waals surface area contributed by atoms with Crippen LogP contribution < -0.4 is 10.2 Å². The Morgan fingerprint density at radius 1 is 1.12 bits per heavy atom. The molecule has 3 amide bonds. The molecule has 4 atom stereocenters. The van der Waals surface area contributed by atoms with Gasteiger partial charge in [-0.3, -0.25) is 29.4 Å². The van der Waals surface area contributed by atoms with E-state index in [-0.39, 0.29) is 23.5 Å². The number of carbonyl (C=O) groups excluding carboxylic acids is 3. The average Bonchev–Trinajstić information content (AvgIpc) is 3.48. The number of amides is 3. The van der Waals surface area contributed by atoms with Crippen molar-refractivity contribution in [3.05, 3.63) is 62.2 Å². The SMILES string of the molecule is Cc1cc([N+](=O)[O-])ccc1N1C(=O)[C@H]2[C@H]3CCCN3[C@@]3(C(=O)Nc4c(C)cc(Cl)cc43)[C@@H]2C1=O. The van der Waals surface area contributed by atoms with Crippen LogP contribution in [0.15, 0.2) is 30.3 Å². The first-order valence-corrected chi connectivity index (χ1v) is 11.6. The normalized spacial score (nSPS) is 29.6. The number of imide groups is 1. The fraction of sp³-hybridized carbons (Fsp3) is 0.375. The van der Waals surface area contributed by atoms with Gasteiger partial charge in [0.05, 0.1) is 22.4 Å². The smallest absolute Gasteiger partial charge is 0.269 e. The average molecular weight is 481 g/mol. The summed E-state index contributed by atoms with van der Waals surface area (Å²) in [6, 6.07) is 7.32. The van der Waals surface area contributed by atoms with Crippen molar-refractivity contribution in [2.24, 2.45) is 11.8 Å². The zero-order valence-electron chi connectivity index (χ0n) is 18.5. The van der Waals surface area contributed by atoms with E-state index in [2.05, 4.69) is 5.32 Å². The van der Waals surface area contributed by atoms with E-state index in [1.807, 2.05) is 11.8 Å². The number of fused-ring (bicyclic) bond motifs is 7. The number of rotatable bonds is 2. The Morgan fingerprint density at radius 2 is 1.88 bits per heavy atom. The van der Waals surface area contributed by atoms with E-state index in [9.17, 15) is 24.5 Å². The van der Waals surface area contributed by atoms with Gasteiger partial charge < -0.3 is 5.32 Å². The summed E-state index contributed by atoms with van der Waals surface area (Å²) in [6.45, 7) is 4.09. The number of hydrogen-bond acceptors (Lipinski definition) is 6. The summed E-state index contributed by atoms with van der Waals surface area (Å²) < 4.78 is 0. The van der Waals surface area contributed by atoms with Crippen LogP contribution >= 0.6 is 11.6 Å². The lowest BCUT2D eigenvalue weighted by molar-refractivity contribution is -0.384. The highest BCUT2D eigenvalue weighted by Gasteiger charge is 2.74. The summed E-state index contributed by atoms with van der Waals surface area (Å²) in [6.07, 6.45) is 1.52. The molecule has 0 aliphatic carbocycles. The molecule has 4 aliphatic rings. The molecular weight excluding hydrogens is 460 g/mol. The lowest BCUT2D eigenvalue weighted by Crippen LogP contribution is -2.54. The van der Waals surface area contributed by atoms with Gasteiger partial charge in [0, 0.05) is 34.4 Å². The first-order valence-electron chi connectivity index (χ1n) is 11.2. The molecule has 174 valence electrons. The number of nitro benzene ring substituents is 1. The minimum absolute atomic E-state index is 0.117. The van der Waals surface area contributed by atoms with E-state index in [0.717, 1.165) is 16.9 Å². The quantitative estimate of drug-likeness (QED) is 0.401. The van der Waals surface area contributed by atoms with E-state index in [1.54, 1.807) is 19.1 Å². The van der Waals surface area contributed by atoms with Crippen LogP contribution in [0, 0.1) is 35.8 Å². The second-order valence-corrected chi connectivity index (χ2v) is 9.95. The Kier molecular flexibility index (Phi) is 4.29. The number of aryl methyl sites for hydroxylation is 2. The summed E-state index contributed by atoms with van der Waals surface area (Å²) in [7, 11) is 0. The topological polar surface area (TPSA) is 113 Å². The minimum Gasteiger partial charge on any atom is -0.324 e. The number of halogens is 1. The second kappa shape index (κ2) is 6.86. The summed E-state index contributed by atoms with van der Waals surface area (Å²) in [5.41, 5.74) is 1.42. The van der Waals surface area contributed by atoms with E-state index in [1.165, 1.54) is 18.2 Å². The van der Waals surface area contributed by atoms with Crippen molar-refractivity contribution in [3.8, 4) is 0 Å². The first kappa shape index (κ1) is 21.2. The fourth-order valence-electron chi connectivity index (χ4n) is 6.68. The van der Waals surface area contributed by atoms with Crippen LogP contribution in [0.3, 0.4) is 0 Å². The third-order valence-electron chi connectivity index (χ3n) is 7.90. The lowest BCUT2D eigenvalue weighted by Gasteiger charge is -2.36. The van der Waals surface area contributed by atoms with Crippen molar-refractivity contribution in [1.82, 2.24) is 4.90 Å². The number of nitrogens with one attached hydrogen (secondary N) is 1. The maximum absolute atomic E-state index is 14.0. The number of nitro groups is 1. The molecule has 0 unspecified atom stereocenters. The predicted octanol–water partition coefficient (Wildman–Crippen LogP) is 3.30. The number of non-ortho nitro benzene ring substituents is 1. The van der Waals surface area contributed by atoms with Crippen molar-refractivity contribution in [1.29, 1.82) is 0 Å². The van der Waals surface area contributed by atoms with Crippen LogP contribution in [0.4, 0.5) is 17.1 Å². The summed E-state index contributed by atoms with van der Waals surface area (Å²) in [5.74, 6) is -2.71. The van der Waals surface area contributed by atoms with E-state index >= 15 is 0 Å². The molecular formula is C24H21ClN4O5. The van der Waals surface area contributed by atoms with E-state index < -0.39 is 28.2 Å². The highest BCUT2D eigenvalue weighted by atomic mass is 35.5. The molecule has 0 aromatic heterocycles. The third kappa shape index (κ3) is 2.40. The number of carbonyl (C=O) groups is 3. The fourth-order valence-corrected chi connectivity index (χ4v) is 6.95. The van der Waals surface area contributed by atoms with E-state index in [4.69, 9.17) is 11.6 Å². The van der Waals surface area contributed by atoms with Gasteiger partial charge in [0.25, 0.3) is 5.69 Å². The predicted molar refractivity (Wildman–Crippen MR) is 124 cm³/mol. The van der Waals surface area contributed by atoms with Crippen molar-refractivity contribution >= 4 is 46.4 Å². The molecule has 0 bridgehead atoms. The summed E-state index contributed by atoms with van der Waals surface area (Å²) in [4.78, 5) is 55.4. The van der Waals surface area contributed by atoms with E-state index in [0.29, 0.717) is 40.5 Å². The Morgan fingerprint density at radius 3 is 2.59 bits per heavy atom. The third-order valence-corrected chi connectivity index (χ3v) is 8.11. The zero-order chi connectivity index (χ0) is 24.1. The van der Waals surface area contributed by atoms with Crippen molar-refractivity contribution in [2.75, 3.05) is 16.8 Å². The number of hydrogen-bond donors (Lipinski definition) is 1. The Bertz CT molecular complexity index is 1340. The van der Waals surface area contributed by atoms with Crippen LogP contribution in [0.25, 0.3) is 0 Å². The monoisotopic (exact) mass is 480 g/mol. The summed E-state index contributed by atoms with van der Waals surface area (Å²) in [5, 5.41) is 14.6. The molecule has 2 aromatic rings. The van der Waals surface area contributed by atoms with Crippen molar-refractivity contribution in [3.63, 3.8) is 0 Å². The van der Waals surface area contributed by atoms with Crippen LogP contribution in [-0.4, -0.2) is 40.1 Å². The molecule has 1 N–H and O–H groups in total. The molecule has 3 fully saturated rings. The van der Waals surface area contributed by atoms with Gasteiger partial charge in [0.1, 0.15) is 5.54 Å². The summed E-state index contributed by atoms with van der Waals surface area (Å²) >= 11 is 6.40. The highest BCUT2D eigenvalue weighted by molar-refractivity contribution is 6.31. The second-order valence-electron chi connectivity index (χ2n) is 9.51. The van der Waals surface area contributed by atoms with Crippen molar-refractivity contribution < 1.29 is 19.3 Å². The molecule has 34 heavy (non-hydrogen) atoms. The van der Waals surface area contributed by atoms with Crippen LogP contribution in [0.2, 0.25) is 5.02 Å². The van der Waals surface area contributed by atoms with Gasteiger partial charge in [-0.25, -0.2) is 4.90 Å². The molecule has 3 saturated heterocycles. The first-order chi connectivity index (χ1) is 16.2. The van der Waals surface area contributed by atoms with Gasteiger partial charge in [-0.1, -0.05) is 11.6 Å². The highest BCUT2D eigenvalue weighted by Crippen LogP contribution is 2.61. The molecule has 4 aliphatic heterocycles. The van der Waals surface area contributed by atoms with Crippen molar-refractivity contribution in [2.45, 2.75) is 38.3 Å². The largest absolute Gasteiger partial charge is 0.324 e. The lowest BCUT2D eigenvalue weighted by atomic mass is 9.75. The molecule has 9 nitrogen and oxygen atoms in total. The Labute approximate surface area is 199 Å². The van der Waals surface area contributed by atoms with Gasteiger partial charge in [0.15, 0.2) is 0 Å². The van der Waals surface area contributed by atoms with Gasteiger partial charge in [-0.2, -0.15) is 0 Å². The maximum atomic E-state index is 14.0. The van der Waals surface area contributed by atoms with Crippen LogP contribution in [-0.2, 0) is 19.9 Å². The van der Waals surface area contributed by atoms with Gasteiger partial charge >= 0.3 is 0 Å². The number of anilines is 2. The minimum atomic E-state index is -1.31. The molecule has 0 radical (unpaired) electrons. The molecule has 0 saturated carbocycles. The number of benzene rings is 2. The maximum Gasteiger partial charge on any atom is 0.269 e. The molecule has 10 heteroatoms. The van der Waals surface area contributed by atoms with Crippen LogP contribution in [0.1, 0.15) is 29.5 Å². The van der Waals surface area contributed by atoms with Gasteiger partial charge in [-0.15, -0.1) is 0 Å². The van der Waals surface area contributed by atoms with Crippen LogP contribution in [0.5, 0.6) is 0 Å². The van der Waals surface area contributed by atoms with Gasteiger partial charge in [0.2, 0.25) is 17.7 Å². The molecule has 6 rings (SSSR count). The Balaban J connectivity index is 1.54. The van der Waals surface area contributed by atoms with Gasteiger partial charge in [-0.05, 0) is 62.6 Å². The standard InChI is InChI=1S/C24H21ClN4O5/c1-11-9-14(29(33)34)5-6-16(11)28-21(30)18-17-4-3-7-27(17)24(19(18)22(28)31)15-10-13(25)8-12(2)20(15)26-23(24)32/h5-6,8-10,17-19H,3-4,7H2,1-2H3,(H,26,32)/t17-,18+,19+,24-/m1/s1. The zero-order valence-corrected chi connectivity index (χ0v) is 19.3. The molecule has 2 aromatic carbocycles. The molecule has 1 spiro atoms.